The summed E-state index contributed by atoms with van der Waals surface area (Å²) in [5, 5.41) is 3.95. The summed E-state index contributed by atoms with van der Waals surface area (Å²) >= 11 is 6.28. The molecule has 1 fully saturated rings. The number of nitrogens with one attached hydrogen (secondary N) is 1. The molecule has 0 unspecified atom stereocenters. The van der Waals surface area contributed by atoms with E-state index in [2.05, 4.69) is 15.2 Å². The minimum absolute atomic E-state index is 0.00247. The van der Waals surface area contributed by atoms with E-state index in [1.807, 2.05) is 29.2 Å². The van der Waals surface area contributed by atoms with Crippen LogP contribution in [0.25, 0.3) is 10.9 Å². The van der Waals surface area contributed by atoms with Crippen LogP contribution in [0.15, 0.2) is 79.3 Å². The van der Waals surface area contributed by atoms with Gasteiger partial charge in [-0.3, -0.25) is 9.88 Å². The van der Waals surface area contributed by atoms with Gasteiger partial charge in [-0.15, -0.1) is 0 Å². The number of fused-ring (bicyclic) bond motifs is 1. The van der Waals surface area contributed by atoms with Crippen LogP contribution < -0.4 is 24.4 Å². The fraction of sp³-hybridized carbons (Fsp3) is 0.273. The van der Waals surface area contributed by atoms with Gasteiger partial charge in [0.1, 0.15) is 12.4 Å². The molecule has 2 aliphatic heterocycles. The predicted octanol–water partition coefficient (Wildman–Crippen LogP) is 7.48. The summed E-state index contributed by atoms with van der Waals surface area (Å²) in [6.45, 7) is 4.16. The number of amides is 2. The SMILES string of the molecule is COc1cc2c(Oc3ccc(NC(=O)N4C=CN(c5ccccc5Cl)C4)cc3F)ccnc2cc1OCCCN1CCCC1. The predicted molar refractivity (Wildman–Crippen MR) is 169 cm³/mol. The first kappa shape index (κ1) is 29.5. The molecule has 1 saturated heterocycles. The first-order valence-corrected chi connectivity index (χ1v) is 14.9. The van der Waals surface area contributed by atoms with Gasteiger partial charge in [0.05, 0.1) is 29.9 Å². The van der Waals surface area contributed by atoms with Crippen LogP contribution in [0.2, 0.25) is 5.02 Å². The van der Waals surface area contributed by atoms with Crippen molar-refractivity contribution < 1.29 is 23.4 Å². The average molecular weight is 618 g/mol. The Hall–Kier alpha value is -4.54. The van der Waals surface area contributed by atoms with E-state index in [-0.39, 0.29) is 18.1 Å². The number of nitrogens with zero attached hydrogens (tertiary/aromatic N) is 4. The second-order valence-corrected chi connectivity index (χ2v) is 11.0. The Bertz CT molecular complexity index is 1680. The van der Waals surface area contributed by atoms with Crippen molar-refractivity contribution >= 4 is 39.9 Å². The number of methoxy groups -OCH3 is 1. The normalized spacial score (nSPS) is 14.8. The zero-order chi connectivity index (χ0) is 30.5. The van der Waals surface area contributed by atoms with Crippen LogP contribution >= 0.6 is 11.6 Å². The van der Waals surface area contributed by atoms with Crippen molar-refractivity contribution in [3.63, 3.8) is 0 Å². The number of aromatic nitrogens is 1. The van der Waals surface area contributed by atoms with E-state index in [1.165, 1.54) is 29.9 Å². The Kier molecular flexibility index (Phi) is 8.99. The van der Waals surface area contributed by atoms with Crippen molar-refractivity contribution in [1.29, 1.82) is 0 Å². The molecule has 228 valence electrons. The van der Waals surface area contributed by atoms with Gasteiger partial charge in [0.2, 0.25) is 0 Å². The summed E-state index contributed by atoms with van der Waals surface area (Å²) in [7, 11) is 1.58. The topological polar surface area (TPSA) is 79.4 Å². The van der Waals surface area contributed by atoms with Gasteiger partial charge in [0, 0.05) is 48.3 Å². The third-order valence-electron chi connectivity index (χ3n) is 7.62. The Morgan fingerprint density at radius 3 is 2.64 bits per heavy atom. The van der Waals surface area contributed by atoms with Crippen molar-refractivity contribution in [2.45, 2.75) is 19.3 Å². The number of benzene rings is 3. The molecule has 11 heteroatoms. The van der Waals surface area contributed by atoms with E-state index in [4.69, 9.17) is 25.8 Å². The maximum Gasteiger partial charge on any atom is 0.327 e. The lowest BCUT2D eigenvalue weighted by molar-refractivity contribution is 0.231. The maximum absolute atomic E-state index is 15.2. The molecule has 44 heavy (non-hydrogen) atoms. The van der Waals surface area contributed by atoms with Gasteiger partial charge in [-0.05, 0) is 68.8 Å². The van der Waals surface area contributed by atoms with Crippen LogP contribution in [-0.4, -0.2) is 60.8 Å². The summed E-state index contributed by atoms with van der Waals surface area (Å²) in [6.07, 6.45) is 8.45. The zero-order valence-corrected chi connectivity index (χ0v) is 25.1. The highest BCUT2D eigenvalue weighted by atomic mass is 35.5. The van der Waals surface area contributed by atoms with Gasteiger partial charge >= 0.3 is 6.03 Å². The number of para-hydroxylation sites is 1. The van der Waals surface area contributed by atoms with E-state index in [0.717, 1.165) is 31.7 Å². The molecular formula is C33H33ClFN5O4. The molecule has 1 N–H and O–H groups in total. The highest BCUT2D eigenvalue weighted by Crippen LogP contribution is 2.38. The molecule has 0 spiro atoms. The standard InChI is InChI=1S/C33H33ClFN5O4/c1-42-31-20-24-27(21-32(31)43-18-6-15-38-13-4-5-14-38)36-12-11-29(24)44-30-10-9-23(19-26(30)35)37-33(41)40-17-16-39(22-40)28-8-3-2-7-25(28)34/h2-3,7-12,16-17,19-21H,4-6,13-15,18,22H2,1H3,(H,37,41). The molecule has 0 atom stereocenters. The van der Waals surface area contributed by atoms with E-state index in [1.54, 1.807) is 50.0 Å². The van der Waals surface area contributed by atoms with Gasteiger partial charge in [0.15, 0.2) is 23.1 Å². The molecule has 9 nitrogen and oxygen atoms in total. The van der Waals surface area contributed by atoms with Crippen molar-refractivity contribution in [3.05, 3.63) is 90.1 Å². The van der Waals surface area contributed by atoms with Crippen molar-refractivity contribution in [2.24, 2.45) is 0 Å². The second-order valence-electron chi connectivity index (χ2n) is 10.6. The lowest BCUT2D eigenvalue weighted by atomic mass is 10.1. The van der Waals surface area contributed by atoms with Crippen LogP contribution in [0.4, 0.5) is 20.6 Å². The van der Waals surface area contributed by atoms with Gasteiger partial charge in [-0.25, -0.2) is 9.18 Å². The molecule has 4 aromatic rings. The van der Waals surface area contributed by atoms with Crippen LogP contribution in [0.1, 0.15) is 19.3 Å². The maximum atomic E-state index is 15.2. The summed E-state index contributed by atoms with van der Waals surface area (Å²) in [5.74, 6) is 0.917. The zero-order valence-electron chi connectivity index (χ0n) is 24.3. The number of carbonyl (C=O) groups excluding carboxylic acids is 1. The molecule has 0 saturated carbocycles. The number of rotatable bonds is 10. The summed E-state index contributed by atoms with van der Waals surface area (Å²) in [4.78, 5) is 23.1. The minimum atomic E-state index is -0.632. The van der Waals surface area contributed by atoms with Gasteiger partial charge in [-0.2, -0.15) is 0 Å². The summed E-state index contributed by atoms with van der Waals surface area (Å²) in [6, 6.07) is 16.5. The Balaban J connectivity index is 1.10. The Morgan fingerprint density at radius 1 is 1.00 bits per heavy atom. The number of carbonyl (C=O) groups is 1. The van der Waals surface area contributed by atoms with Crippen molar-refractivity contribution in [1.82, 2.24) is 14.8 Å². The first-order chi connectivity index (χ1) is 21.5. The first-order valence-electron chi connectivity index (χ1n) is 14.5. The number of hydrogen-bond donors (Lipinski definition) is 1. The number of ether oxygens (including phenoxy) is 3. The number of hydrogen-bond acceptors (Lipinski definition) is 7. The van der Waals surface area contributed by atoms with Crippen LogP contribution in [0.3, 0.4) is 0 Å². The molecule has 2 amide bonds. The average Bonchev–Trinajstić information content (AvgIpc) is 3.74. The molecule has 0 radical (unpaired) electrons. The van der Waals surface area contributed by atoms with Gasteiger partial charge in [0.25, 0.3) is 0 Å². The smallest absolute Gasteiger partial charge is 0.327 e. The number of pyridine rings is 1. The highest BCUT2D eigenvalue weighted by molar-refractivity contribution is 6.33. The molecule has 6 rings (SSSR count). The van der Waals surface area contributed by atoms with E-state index in [9.17, 15) is 4.79 Å². The van der Waals surface area contributed by atoms with E-state index >= 15 is 4.39 Å². The summed E-state index contributed by atoms with van der Waals surface area (Å²) in [5.41, 5.74) is 1.70. The monoisotopic (exact) mass is 617 g/mol. The third-order valence-corrected chi connectivity index (χ3v) is 7.94. The molecular weight excluding hydrogens is 585 g/mol. The quantitative estimate of drug-likeness (QED) is 0.185. The second kappa shape index (κ2) is 13.4. The van der Waals surface area contributed by atoms with Crippen molar-refractivity contribution in [2.75, 3.05) is 50.2 Å². The largest absolute Gasteiger partial charge is 0.493 e. The van der Waals surface area contributed by atoms with E-state index in [0.29, 0.717) is 39.8 Å². The van der Waals surface area contributed by atoms with Crippen LogP contribution in [0, 0.1) is 5.82 Å². The number of likely N-dealkylation sites (tertiary alicyclic amines) is 1. The fourth-order valence-electron chi connectivity index (χ4n) is 5.33. The molecule has 0 bridgehead atoms. The van der Waals surface area contributed by atoms with Gasteiger partial charge in [-0.1, -0.05) is 23.7 Å². The van der Waals surface area contributed by atoms with Crippen molar-refractivity contribution in [3.8, 4) is 23.0 Å². The summed E-state index contributed by atoms with van der Waals surface area (Å²) < 4.78 is 32.8. The van der Waals surface area contributed by atoms with Crippen LogP contribution in [-0.2, 0) is 0 Å². The molecule has 3 aromatic carbocycles. The lowest BCUT2D eigenvalue weighted by Crippen LogP contribution is -2.33. The Labute approximate surface area is 260 Å². The number of anilines is 2. The molecule has 0 aliphatic carbocycles. The number of urea groups is 1. The minimum Gasteiger partial charge on any atom is -0.493 e. The number of halogens is 2. The van der Waals surface area contributed by atoms with Crippen LogP contribution in [0.5, 0.6) is 23.0 Å². The Morgan fingerprint density at radius 2 is 1.84 bits per heavy atom. The lowest BCUT2D eigenvalue weighted by Gasteiger charge is -2.21. The van der Waals surface area contributed by atoms with Gasteiger partial charge < -0.3 is 29.3 Å². The van der Waals surface area contributed by atoms with E-state index < -0.39 is 11.8 Å². The molecule has 1 aromatic heterocycles. The molecule has 2 aliphatic rings. The fourth-order valence-corrected chi connectivity index (χ4v) is 5.58. The third kappa shape index (κ3) is 6.66. The molecule has 3 heterocycles. The highest BCUT2D eigenvalue weighted by Gasteiger charge is 2.22.